The van der Waals surface area contributed by atoms with Gasteiger partial charge in [-0.25, -0.2) is 13.2 Å². The highest BCUT2D eigenvalue weighted by atomic mass is 32.2. The highest BCUT2D eigenvalue weighted by molar-refractivity contribution is 7.92. The van der Waals surface area contributed by atoms with Gasteiger partial charge in [-0.2, -0.15) is 0 Å². The molecule has 8 heteroatoms. The second kappa shape index (κ2) is 6.80. The smallest absolute Gasteiger partial charge is 0.338 e. The molecule has 0 unspecified atom stereocenters. The molecule has 0 aliphatic carbocycles. The van der Waals surface area contributed by atoms with Gasteiger partial charge in [0.15, 0.2) is 6.10 Å². The Kier molecular flexibility index (Phi) is 4.69. The van der Waals surface area contributed by atoms with E-state index >= 15 is 0 Å². The predicted molar refractivity (Wildman–Crippen MR) is 95.2 cm³/mol. The number of hydrogen-bond donors (Lipinski definition) is 1. The standard InChI is InChI=1S/C18H18N2O5S/c1-12(17(19)21)25-18(22)14-6-4-7-15(11-14)26(23,24)20-10-9-13-5-2-3-8-16(13)20/h2-8,11-12H,9-10H2,1H3,(H2,19,21)/t12-/m1/s1. The Morgan fingerprint density at radius 2 is 1.88 bits per heavy atom. The summed E-state index contributed by atoms with van der Waals surface area (Å²) in [5, 5.41) is 0. The maximum absolute atomic E-state index is 13.0. The first-order valence-electron chi connectivity index (χ1n) is 8.01. The molecule has 1 aliphatic heterocycles. The van der Waals surface area contributed by atoms with Crippen molar-refractivity contribution in [3.8, 4) is 0 Å². The Morgan fingerprint density at radius 1 is 1.15 bits per heavy atom. The van der Waals surface area contributed by atoms with Crippen LogP contribution in [0.2, 0.25) is 0 Å². The third-order valence-electron chi connectivity index (χ3n) is 4.19. The van der Waals surface area contributed by atoms with E-state index < -0.39 is 28.0 Å². The van der Waals surface area contributed by atoms with Crippen LogP contribution in [-0.4, -0.2) is 32.9 Å². The van der Waals surface area contributed by atoms with Crippen molar-refractivity contribution in [2.24, 2.45) is 5.73 Å². The number of carbonyl (C=O) groups excluding carboxylic acids is 2. The number of carbonyl (C=O) groups is 2. The van der Waals surface area contributed by atoms with E-state index in [9.17, 15) is 18.0 Å². The van der Waals surface area contributed by atoms with E-state index in [0.717, 1.165) is 5.56 Å². The number of rotatable bonds is 5. The van der Waals surface area contributed by atoms with E-state index in [1.165, 1.54) is 35.5 Å². The van der Waals surface area contributed by atoms with Gasteiger partial charge >= 0.3 is 5.97 Å². The van der Waals surface area contributed by atoms with E-state index in [1.54, 1.807) is 12.1 Å². The molecule has 136 valence electrons. The van der Waals surface area contributed by atoms with E-state index in [4.69, 9.17) is 10.5 Å². The highest BCUT2D eigenvalue weighted by Crippen LogP contribution is 2.32. The van der Waals surface area contributed by atoms with Crippen molar-refractivity contribution >= 4 is 27.6 Å². The number of primary amides is 1. The quantitative estimate of drug-likeness (QED) is 0.798. The first-order chi connectivity index (χ1) is 12.3. The third kappa shape index (κ3) is 3.28. The molecule has 26 heavy (non-hydrogen) atoms. The minimum atomic E-state index is -3.82. The molecule has 2 aromatic rings. The van der Waals surface area contributed by atoms with Crippen molar-refractivity contribution in [1.82, 2.24) is 0 Å². The molecule has 0 aromatic heterocycles. The number of fused-ring (bicyclic) bond motifs is 1. The fourth-order valence-electron chi connectivity index (χ4n) is 2.76. The molecule has 0 radical (unpaired) electrons. The molecule has 0 spiro atoms. The van der Waals surface area contributed by atoms with Crippen LogP contribution in [0.25, 0.3) is 0 Å². The molecule has 0 bridgehead atoms. The van der Waals surface area contributed by atoms with Crippen molar-refractivity contribution in [3.63, 3.8) is 0 Å². The lowest BCUT2D eigenvalue weighted by molar-refractivity contribution is -0.125. The average Bonchev–Trinajstić information content (AvgIpc) is 3.06. The minimum absolute atomic E-state index is 0.0182. The third-order valence-corrected chi connectivity index (χ3v) is 6.00. The summed E-state index contributed by atoms with van der Waals surface area (Å²) in [5.74, 6) is -1.59. The Labute approximate surface area is 151 Å². The summed E-state index contributed by atoms with van der Waals surface area (Å²) >= 11 is 0. The van der Waals surface area contributed by atoms with Crippen molar-refractivity contribution in [1.29, 1.82) is 0 Å². The van der Waals surface area contributed by atoms with Gasteiger partial charge in [0.2, 0.25) is 0 Å². The Bertz CT molecular complexity index is 971. The van der Waals surface area contributed by atoms with Gasteiger partial charge in [0.05, 0.1) is 16.1 Å². The van der Waals surface area contributed by atoms with Crippen LogP contribution in [0.1, 0.15) is 22.8 Å². The number of sulfonamides is 1. The second-order valence-corrected chi connectivity index (χ2v) is 7.80. The van der Waals surface area contributed by atoms with Crippen LogP contribution in [0.3, 0.4) is 0 Å². The van der Waals surface area contributed by atoms with Gasteiger partial charge in [0, 0.05) is 6.54 Å². The number of nitrogens with two attached hydrogens (primary N) is 1. The van der Waals surface area contributed by atoms with Crippen LogP contribution in [0.4, 0.5) is 5.69 Å². The summed E-state index contributed by atoms with van der Waals surface area (Å²) < 4.78 is 32.3. The Morgan fingerprint density at radius 3 is 2.62 bits per heavy atom. The first-order valence-corrected chi connectivity index (χ1v) is 9.45. The molecule has 1 amide bonds. The SMILES string of the molecule is C[C@@H](OC(=O)c1cccc(S(=O)(=O)N2CCc3ccccc32)c1)C(N)=O. The van der Waals surface area contributed by atoms with Crippen LogP contribution < -0.4 is 10.0 Å². The zero-order chi connectivity index (χ0) is 18.9. The van der Waals surface area contributed by atoms with Gasteiger partial charge in [0.25, 0.3) is 15.9 Å². The van der Waals surface area contributed by atoms with Gasteiger partial charge in [-0.05, 0) is 43.2 Å². The first kappa shape index (κ1) is 17.9. The molecule has 2 aromatic carbocycles. The second-order valence-electron chi connectivity index (χ2n) is 5.93. The molecule has 0 fully saturated rings. The fourth-order valence-corrected chi connectivity index (χ4v) is 4.30. The lowest BCUT2D eigenvalue weighted by Gasteiger charge is -2.20. The van der Waals surface area contributed by atoms with Crippen LogP contribution in [0.5, 0.6) is 0 Å². The number of hydrogen-bond acceptors (Lipinski definition) is 5. The number of esters is 1. The normalized spacial score (nSPS) is 14.6. The number of amides is 1. The number of benzene rings is 2. The molecule has 1 atom stereocenters. The summed E-state index contributed by atoms with van der Waals surface area (Å²) in [4.78, 5) is 23.1. The average molecular weight is 374 g/mol. The molecule has 1 heterocycles. The van der Waals surface area contributed by atoms with E-state index in [0.29, 0.717) is 18.7 Å². The number of nitrogens with zero attached hydrogens (tertiary/aromatic N) is 1. The minimum Gasteiger partial charge on any atom is -0.449 e. The van der Waals surface area contributed by atoms with Gasteiger partial charge in [-0.1, -0.05) is 24.3 Å². The number of anilines is 1. The molecule has 2 N–H and O–H groups in total. The Balaban J connectivity index is 1.90. The van der Waals surface area contributed by atoms with E-state index in [1.807, 2.05) is 12.1 Å². The van der Waals surface area contributed by atoms with Crippen LogP contribution in [0, 0.1) is 0 Å². The van der Waals surface area contributed by atoms with Crippen molar-refractivity contribution in [2.75, 3.05) is 10.8 Å². The van der Waals surface area contributed by atoms with Crippen molar-refractivity contribution in [3.05, 3.63) is 59.7 Å². The highest BCUT2D eigenvalue weighted by Gasteiger charge is 2.31. The maximum Gasteiger partial charge on any atom is 0.338 e. The Hall–Kier alpha value is -2.87. The monoisotopic (exact) mass is 374 g/mol. The summed E-state index contributed by atoms with van der Waals surface area (Å²) in [6.45, 7) is 1.69. The molecule has 3 rings (SSSR count). The van der Waals surface area contributed by atoms with Gasteiger partial charge in [0.1, 0.15) is 0 Å². The van der Waals surface area contributed by atoms with Gasteiger partial charge in [-0.3, -0.25) is 9.10 Å². The van der Waals surface area contributed by atoms with E-state index in [-0.39, 0.29) is 10.5 Å². The molecular formula is C18H18N2O5S. The number of para-hydroxylation sites is 1. The van der Waals surface area contributed by atoms with Crippen LogP contribution >= 0.6 is 0 Å². The zero-order valence-corrected chi connectivity index (χ0v) is 14.9. The topological polar surface area (TPSA) is 107 Å². The lowest BCUT2D eigenvalue weighted by atomic mass is 10.2. The predicted octanol–water partition coefficient (Wildman–Crippen LogP) is 1.47. The summed E-state index contributed by atoms with van der Waals surface area (Å²) in [7, 11) is -3.82. The lowest BCUT2D eigenvalue weighted by Crippen LogP contribution is -2.31. The molecular weight excluding hydrogens is 356 g/mol. The van der Waals surface area contributed by atoms with Gasteiger partial charge < -0.3 is 10.5 Å². The summed E-state index contributed by atoms with van der Waals surface area (Å²) in [6, 6.07) is 12.8. The molecule has 0 saturated heterocycles. The summed E-state index contributed by atoms with van der Waals surface area (Å²) in [5.41, 5.74) is 6.71. The molecule has 7 nitrogen and oxygen atoms in total. The van der Waals surface area contributed by atoms with Crippen molar-refractivity contribution in [2.45, 2.75) is 24.3 Å². The fraction of sp³-hybridized carbons (Fsp3) is 0.222. The van der Waals surface area contributed by atoms with Crippen molar-refractivity contribution < 1.29 is 22.7 Å². The van der Waals surface area contributed by atoms with Crippen LogP contribution in [0.15, 0.2) is 53.4 Å². The van der Waals surface area contributed by atoms with Gasteiger partial charge in [-0.15, -0.1) is 0 Å². The van der Waals surface area contributed by atoms with E-state index in [2.05, 4.69) is 0 Å². The van der Waals surface area contributed by atoms with Crippen LogP contribution in [-0.2, 0) is 26.0 Å². The summed E-state index contributed by atoms with van der Waals surface area (Å²) in [6.07, 6.45) is -0.471. The largest absolute Gasteiger partial charge is 0.449 e. The number of ether oxygens (including phenoxy) is 1. The molecule has 1 aliphatic rings. The zero-order valence-electron chi connectivity index (χ0n) is 14.1. The maximum atomic E-state index is 13.0. The molecule has 0 saturated carbocycles.